The van der Waals surface area contributed by atoms with Gasteiger partial charge in [-0.25, -0.2) is 18.6 Å². The maximum atomic E-state index is 13.5. The minimum absolute atomic E-state index is 0.0146. The van der Waals surface area contributed by atoms with Crippen molar-refractivity contribution in [2.75, 3.05) is 43.4 Å². The highest BCUT2D eigenvalue weighted by molar-refractivity contribution is 9.10. The number of hydrogen-bond donors (Lipinski definition) is 5. The summed E-state index contributed by atoms with van der Waals surface area (Å²) in [6.45, 7) is 9.19. The van der Waals surface area contributed by atoms with Gasteiger partial charge in [-0.15, -0.1) is 0 Å². The summed E-state index contributed by atoms with van der Waals surface area (Å²) in [5.74, 6) is -5.58. The Bertz CT molecular complexity index is 1490. The number of nitrogens with one attached hydrogen (secondary N) is 2. The number of anilines is 2. The Morgan fingerprint density at radius 2 is 1.44 bits per heavy atom. The Labute approximate surface area is 276 Å². The highest BCUT2D eigenvalue weighted by Gasteiger charge is 2.38. The van der Waals surface area contributed by atoms with Gasteiger partial charge in [0.2, 0.25) is 11.7 Å². The number of benzene rings is 2. The fraction of sp³-hybridized carbons (Fsp3) is 0.370. The van der Waals surface area contributed by atoms with Gasteiger partial charge in [-0.05, 0) is 62.1 Å². The molecule has 1 saturated heterocycles. The van der Waals surface area contributed by atoms with Crippen molar-refractivity contribution < 1.29 is 60.4 Å². The molecule has 0 spiro atoms. The van der Waals surface area contributed by atoms with Gasteiger partial charge in [0.25, 0.3) is 0 Å². The Morgan fingerprint density at radius 3 is 1.92 bits per heavy atom. The number of oxime groups is 1. The number of alkyl halides is 6. The molecule has 0 radical (unpaired) electrons. The molecule has 0 aliphatic carbocycles. The van der Waals surface area contributed by atoms with Gasteiger partial charge in [-0.1, -0.05) is 36.3 Å². The first-order valence-corrected chi connectivity index (χ1v) is 14.4. The van der Waals surface area contributed by atoms with E-state index in [0.717, 1.165) is 44.8 Å². The monoisotopic (exact) mass is 759 g/mol. The van der Waals surface area contributed by atoms with E-state index < -0.39 is 30.1 Å². The second-order valence-corrected chi connectivity index (χ2v) is 10.5. The molecule has 4 rings (SSSR count). The van der Waals surface area contributed by atoms with Gasteiger partial charge in [0.05, 0.1) is 4.47 Å². The number of likely N-dealkylation sites (N-methyl/N-ethyl adjacent to an activating group) is 1. The van der Waals surface area contributed by atoms with Crippen LogP contribution in [0, 0.1) is 5.82 Å². The van der Waals surface area contributed by atoms with Gasteiger partial charge >= 0.3 is 24.3 Å². The number of aliphatic carboxylic acids is 2. The van der Waals surface area contributed by atoms with Crippen molar-refractivity contribution in [3.05, 3.63) is 69.6 Å². The molecule has 264 valence electrons. The van der Waals surface area contributed by atoms with Crippen molar-refractivity contribution in [1.82, 2.24) is 20.1 Å². The molecule has 5 N–H and O–H groups in total. The van der Waals surface area contributed by atoms with Crippen LogP contribution in [0.4, 0.5) is 42.2 Å². The second-order valence-electron chi connectivity index (χ2n) is 9.65. The Hall–Kier alpha value is -4.50. The van der Waals surface area contributed by atoms with Crippen molar-refractivity contribution >= 4 is 45.2 Å². The number of amidine groups is 1. The van der Waals surface area contributed by atoms with E-state index in [2.05, 4.69) is 83.0 Å². The van der Waals surface area contributed by atoms with Crippen molar-refractivity contribution in [2.24, 2.45) is 5.16 Å². The predicted molar refractivity (Wildman–Crippen MR) is 159 cm³/mol. The molecule has 1 fully saturated rings. The number of rotatable bonds is 8. The highest BCUT2D eigenvalue weighted by atomic mass is 79.9. The third-order valence-corrected chi connectivity index (χ3v) is 6.89. The zero-order valence-electron chi connectivity index (χ0n) is 24.8. The average molecular weight is 760 g/mol. The molecule has 0 unspecified atom stereocenters. The van der Waals surface area contributed by atoms with E-state index in [9.17, 15) is 35.9 Å². The minimum Gasteiger partial charge on any atom is -0.475 e. The van der Waals surface area contributed by atoms with Gasteiger partial charge in [0.15, 0.2) is 5.69 Å². The molecule has 0 saturated carbocycles. The SMILES string of the molecule is CCN1CCN(Cc2ccc(CNc3nonc3/C(=N/O)Nc3ccc(F)c(Br)c3)cc2)CC1.O=C(O)C(F)(F)F.O=C(O)C(F)(F)F. The smallest absolute Gasteiger partial charge is 0.475 e. The third kappa shape index (κ3) is 13.3. The van der Waals surface area contributed by atoms with Crippen LogP contribution in [-0.4, -0.2) is 98.4 Å². The summed E-state index contributed by atoms with van der Waals surface area (Å²) in [6, 6.07) is 12.7. The predicted octanol–water partition coefficient (Wildman–Crippen LogP) is 5.24. The lowest BCUT2D eigenvalue weighted by Crippen LogP contribution is -2.45. The van der Waals surface area contributed by atoms with Crippen LogP contribution in [0.5, 0.6) is 0 Å². The average Bonchev–Trinajstić information content (AvgIpc) is 3.50. The molecule has 1 aromatic heterocycles. The zero-order valence-corrected chi connectivity index (χ0v) is 26.4. The number of carbonyl (C=O) groups is 2. The first kappa shape index (κ1) is 39.7. The van der Waals surface area contributed by atoms with E-state index in [1.165, 1.54) is 23.8 Å². The molecular weight excluding hydrogens is 731 g/mol. The normalized spacial score (nSPS) is 14.2. The fourth-order valence-corrected chi connectivity index (χ4v) is 4.15. The van der Waals surface area contributed by atoms with Crippen molar-refractivity contribution in [2.45, 2.75) is 32.4 Å². The molecule has 2 aromatic carbocycles. The topological polar surface area (TPSA) is 177 Å². The van der Waals surface area contributed by atoms with E-state index in [-0.39, 0.29) is 16.0 Å². The molecule has 21 heteroatoms. The van der Waals surface area contributed by atoms with E-state index in [4.69, 9.17) is 24.4 Å². The summed E-state index contributed by atoms with van der Waals surface area (Å²) < 4.78 is 82.1. The number of piperazine rings is 1. The quantitative estimate of drug-likeness (QED) is 0.0665. The van der Waals surface area contributed by atoms with Gasteiger partial charge < -0.3 is 31.0 Å². The maximum absolute atomic E-state index is 13.5. The molecule has 0 bridgehead atoms. The van der Waals surface area contributed by atoms with Crippen LogP contribution < -0.4 is 10.6 Å². The van der Waals surface area contributed by atoms with Gasteiger partial charge in [-0.3, -0.25) is 4.90 Å². The standard InChI is InChI=1S/C23H27BrFN7O2.2C2HF3O2/c1-2-31-9-11-32(12-10-31)15-17-5-3-16(4-6-17)14-26-22-21(29-34-30-22)23(28-33)27-18-7-8-20(25)19(24)13-18;2*3-2(4,5)1(6)7/h3-8,13,33H,2,9-12,14-15H2,1H3,(H,26,30)(H,27,28);2*(H,6,7). The molecular formula is C27H29BrF7N7O6. The van der Waals surface area contributed by atoms with Crippen LogP contribution in [-0.2, 0) is 22.7 Å². The van der Waals surface area contributed by atoms with E-state index in [1.54, 1.807) is 0 Å². The highest BCUT2D eigenvalue weighted by Crippen LogP contribution is 2.22. The molecule has 1 aliphatic rings. The third-order valence-electron chi connectivity index (χ3n) is 6.28. The molecule has 1 aliphatic heterocycles. The fourth-order valence-electron chi connectivity index (χ4n) is 3.77. The van der Waals surface area contributed by atoms with Crippen LogP contribution in [0.25, 0.3) is 0 Å². The largest absolute Gasteiger partial charge is 0.490 e. The van der Waals surface area contributed by atoms with Crippen LogP contribution in [0.15, 0.2) is 56.7 Å². The lowest BCUT2D eigenvalue weighted by atomic mass is 10.1. The number of hydrogen-bond acceptors (Lipinski definition) is 10. The summed E-state index contributed by atoms with van der Waals surface area (Å²) in [5, 5.41) is 40.7. The summed E-state index contributed by atoms with van der Waals surface area (Å²) in [4.78, 5) is 22.7. The molecule has 2 heterocycles. The zero-order chi connectivity index (χ0) is 36.1. The summed E-state index contributed by atoms with van der Waals surface area (Å²) >= 11 is 3.13. The van der Waals surface area contributed by atoms with Crippen LogP contribution in [0.2, 0.25) is 0 Å². The van der Waals surface area contributed by atoms with Crippen molar-refractivity contribution in [3.63, 3.8) is 0 Å². The first-order valence-electron chi connectivity index (χ1n) is 13.6. The summed E-state index contributed by atoms with van der Waals surface area (Å²) in [5.41, 5.74) is 3.04. The number of halogens is 8. The Morgan fingerprint density at radius 1 is 0.917 bits per heavy atom. The molecule has 48 heavy (non-hydrogen) atoms. The minimum atomic E-state index is -5.08. The van der Waals surface area contributed by atoms with E-state index >= 15 is 0 Å². The maximum Gasteiger partial charge on any atom is 0.490 e. The second kappa shape index (κ2) is 18.2. The first-order chi connectivity index (χ1) is 22.4. The Balaban J connectivity index is 0.000000479. The number of carboxylic acid groups (broad SMARTS) is 2. The molecule has 13 nitrogen and oxygen atoms in total. The number of aromatic nitrogens is 2. The molecule has 3 aromatic rings. The van der Waals surface area contributed by atoms with Gasteiger partial charge in [0, 0.05) is 45.0 Å². The number of carboxylic acids is 2. The number of nitrogens with zero attached hydrogens (tertiary/aromatic N) is 5. The summed E-state index contributed by atoms with van der Waals surface area (Å²) in [7, 11) is 0. The van der Waals surface area contributed by atoms with Crippen LogP contribution in [0.1, 0.15) is 23.7 Å². The lowest BCUT2D eigenvalue weighted by Gasteiger charge is -2.34. The Kier molecular flexibility index (Phi) is 15.0. The molecule has 0 atom stereocenters. The molecule has 0 amide bonds. The lowest BCUT2D eigenvalue weighted by molar-refractivity contribution is -0.193. The van der Waals surface area contributed by atoms with Crippen molar-refractivity contribution in [3.8, 4) is 0 Å². The van der Waals surface area contributed by atoms with E-state index in [0.29, 0.717) is 18.1 Å². The summed E-state index contributed by atoms with van der Waals surface area (Å²) in [6.07, 6.45) is -10.2. The van der Waals surface area contributed by atoms with Crippen molar-refractivity contribution in [1.29, 1.82) is 0 Å². The van der Waals surface area contributed by atoms with Gasteiger partial charge in [-0.2, -0.15) is 26.3 Å². The van der Waals surface area contributed by atoms with Gasteiger partial charge in [0.1, 0.15) is 5.82 Å². The van der Waals surface area contributed by atoms with Crippen LogP contribution >= 0.6 is 15.9 Å². The van der Waals surface area contributed by atoms with E-state index in [1.807, 2.05) is 0 Å². The van der Waals surface area contributed by atoms with Crippen LogP contribution in [0.3, 0.4) is 0 Å².